The van der Waals surface area contributed by atoms with E-state index in [2.05, 4.69) is 22.1 Å². The highest BCUT2D eigenvalue weighted by Gasteiger charge is 2.97. The Morgan fingerprint density at radius 2 is 0.863 bits per heavy atom. The lowest BCUT2D eigenvalue weighted by Gasteiger charge is -2.44. The van der Waals surface area contributed by atoms with Crippen molar-refractivity contribution in [3.8, 4) is 0 Å². The van der Waals surface area contributed by atoms with Gasteiger partial charge in [0.1, 0.15) is 0 Å². The lowest BCUT2D eigenvalue weighted by atomic mass is 9.91. The van der Waals surface area contributed by atoms with Crippen molar-refractivity contribution in [2.75, 3.05) is 6.61 Å². The lowest BCUT2D eigenvalue weighted by molar-refractivity contribution is -0.458. The van der Waals surface area contributed by atoms with Crippen molar-refractivity contribution in [3.63, 3.8) is 0 Å². The van der Waals surface area contributed by atoms with E-state index in [0.717, 1.165) is 5.70 Å². The molecule has 1 aromatic rings. The van der Waals surface area contributed by atoms with Gasteiger partial charge < -0.3 is 4.43 Å². The number of hydrogen-bond donors (Lipinski definition) is 0. The molecule has 0 aliphatic heterocycles. The lowest BCUT2D eigenvalue weighted by Crippen LogP contribution is -2.77. The quantitative estimate of drug-likeness (QED) is 0.0668. The van der Waals surface area contributed by atoms with Gasteiger partial charge in [-0.2, -0.15) is 83.4 Å². The normalized spacial score (nSPS) is 15.5. The van der Waals surface area contributed by atoms with E-state index in [9.17, 15) is 110 Å². The van der Waals surface area contributed by atoms with Crippen LogP contribution in [0, 0.1) is 29.1 Å². The van der Waals surface area contributed by atoms with Crippen LogP contribution in [0.5, 0.6) is 0 Å². The summed E-state index contributed by atoms with van der Waals surface area (Å²) in [5.74, 6) is -62.7. The van der Waals surface area contributed by atoms with Crippen molar-refractivity contribution >= 4 is 52.7 Å². The Balaban J connectivity index is 0.00000129. The molecule has 0 aromatic heterocycles. The van der Waals surface area contributed by atoms with Crippen LogP contribution >= 0.6 is 33.2 Å². The Kier molecular flexibility index (Phi) is 14.3. The summed E-state index contributed by atoms with van der Waals surface area (Å²) in [6, 6.07) is 0. The maximum atomic E-state index is 14.1. The van der Waals surface area contributed by atoms with Crippen LogP contribution in [0.25, 0.3) is 0 Å². The van der Waals surface area contributed by atoms with Crippen LogP contribution in [0.15, 0.2) is 23.8 Å². The van der Waals surface area contributed by atoms with Gasteiger partial charge in [0, 0.05) is 6.61 Å². The fourth-order valence-corrected chi connectivity index (χ4v) is 7.67. The zero-order chi connectivity index (χ0) is 41.7. The molecule has 0 heterocycles. The molecule has 31 heteroatoms. The molecule has 0 spiro atoms. The molecule has 0 bridgehead atoms. The molecule has 0 saturated carbocycles. The Labute approximate surface area is 280 Å². The van der Waals surface area contributed by atoms with E-state index >= 15 is 0 Å². The summed E-state index contributed by atoms with van der Waals surface area (Å²) in [5, 5.41) is -1.21. The van der Waals surface area contributed by atoms with E-state index in [1.807, 2.05) is 0 Å². The van der Waals surface area contributed by atoms with Crippen LogP contribution < -0.4 is 5.19 Å². The van der Waals surface area contributed by atoms with E-state index in [1.54, 1.807) is 0 Å². The third-order valence-corrected chi connectivity index (χ3v) is 13.5. The highest BCUT2D eigenvalue weighted by molar-refractivity contribution is 7.53. The first kappa shape index (κ1) is 49.2. The third kappa shape index (κ3) is 7.49. The fraction of sp³-hybridized carbons (Fsp3) is 0.500. The van der Waals surface area contributed by atoms with E-state index < -0.39 is 114 Å². The van der Waals surface area contributed by atoms with Crippen LogP contribution in [-0.4, -0.2) is 68.2 Å². The zero-order valence-electron chi connectivity index (χ0n) is 23.0. The van der Waals surface area contributed by atoms with Gasteiger partial charge in [-0.05, 0) is 6.92 Å². The molecule has 0 saturated heterocycles. The van der Waals surface area contributed by atoms with E-state index in [4.69, 9.17) is 22.2 Å². The SMILES string of the molecule is C=C[Si](Cl)(Cl)c1c(F)c(F)c(F)c(F)c1F.CCO[Si](Cl)(C(F)=C(F)F)C(F)(F)C(F)(F)C(F)(F)C(F)(F)C(F)(F)C(F)(F)C(F)(F)C(F)(F)F. The van der Waals surface area contributed by atoms with E-state index in [1.165, 1.54) is 0 Å². The van der Waals surface area contributed by atoms with Crippen molar-refractivity contribution in [1.29, 1.82) is 0 Å². The molecular formula is C20H8Cl3F25OSi2. The first-order valence-electron chi connectivity index (χ1n) is 11.4. The molecule has 298 valence electrons. The number of hydrogen-bond acceptors (Lipinski definition) is 1. The van der Waals surface area contributed by atoms with Gasteiger partial charge in [-0.1, -0.05) is 5.70 Å². The van der Waals surface area contributed by atoms with Gasteiger partial charge in [0.15, 0.2) is 28.7 Å². The minimum absolute atomic E-state index is 0.350. The monoisotopic (exact) mass is 900 g/mol. The molecule has 0 aliphatic carbocycles. The molecule has 1 aromatic carbocycles. The molecule has 0 fully saturated rings. The standard InChI is InChI=1S/C12H5ClF20OSi.C8H3Cl2F5Si/c1-2-34-35(13,4(16)3(14)15)12(32,33)10(27,28)8(23,24)6(19,20)5(17,18)7(21,22)9(25,26)11(29,30)31;1-2-16(9,10)8-6(14)4(12)3(11)5(13)7(8)15/h2H2,1H3;2H,1H2. The van der Waals surface area contributed by atoms with Gasteiger partial charge in [0.2, 0.25) is 5.82 Å². The molecule has 1 nitrogen and oxygen atoms in total. The van der Waals surface area contributed by atoms with Gasteiger partial charge in [0.05, 0.1) is 5.19 Å². The maximum absolute atomic E-state index is 14.1. The highest BCUT2D eigenvalue weighted by Crippen LogP contribution is 2.65. The molecule has 1 atom stereocenters. The number of halogens is 28. The van der Waals surface area contributed by atoms with Gasteiger partial charge in [0.25, 0.3) is 0 Å². The Hall–Kier alpha value is -1.79. The van der Waals surface area contributed by atoms with Crippen molar-refractivity contribution in [2.24, 2.45) is 0 Å². The van der Waals surface area contributed by atoms with Crippen LogP contribution in [0.3, 0.4) is 0 Å². The van der Waals surface area contributed by atoms with Gasteiger partial charge >= 0.3 is 67.7 Å². The topological polar surface area (TPSA) is 9.23 Å². The molecule has 0 amide bonds. The minimum atomic E-state index is -8.96. The highest BCUT2D eigenvalue weighted by atomic mass is 35.7. The van der Waals surface area contributed by atoms with Crippen LogP contribution in [0.1, 0.15) is 6.92 Å². The van der Waals surface area contributed by atoms with Gasteiger partial charge in [-0.15, -0.1) is 39.8 Å². The Morgan fingerprint density at radius 3 is 1.14 bits per heavy atom. The summed E-state index contributed by atoms with van der Waals surface area (Å²) in [4.78, 5) is 0. The summed E-state index contributed by atoms with van der Waals surface area (Å²) >= 11 is 15.5. The predicted molar refractivity (Wildman–Crippen MR) is 128 cm³/mol. The molecule has 1 rings (SSSR count). The maximum Gasteiger partial charge on any atom is 0.460 e. The van der Waals surface area contributed by atoms with Gasteiger partial charge in [-0.25, -0.2) is 26.3 Å². The minimum Gasteiger partial charge on any atom is -0.395 e. The summed E-state index contributed by atoms with van der Waals surface area (Å²) in [7, 11) is -7.86. The molecule has 1 unspecified atom stereocenters. The predicted octanol–water partition coefficient (Wildman–Crippen LogP) is 11.1. The van der Waals surface area contributed by atoms with Crippen molar-refractivity contribution < 1.29 is 114 Å². The zero-order valence-corrected chi connectivity index (χ0v) is 27.3. The molecule has 0 N–H and O–H groups in total. The number of alkyl halides is 17. The smallest absolute Gasteiger partial charge is 0.395 e. The molecule has 0 radical (unpaired) electrons. The second-order valence-electron chi connectivity index (χ2n) is 8.89. The average molecular weight is 902 g/mol. The third-order valence-electron chi connectivity index (χ3n) is 5.72. The summed E-state index contributed by atoms with van der Waals surface area (Å²) in [6.45, 7) is -2.14. The Bertz CT molecular complexity index is 1460. The Morgan fingerprint density at radius 1 is 0.569 bits per heavy atom. The first-order valence-corrected chi connectivity index (χ1v) is 18.5. The number of rotatable bonds is 12. The largest absolute Gasteiger partial charge is 0.460 e. The fourth-order valence-electron chi connectivity index (χ4n) is 2.98. The van der Waals surface area contributed by atoms with Crippen LogP contribution in [0.2, 0.25) is 0 Å². The summed E-state index contributed by atoms with van der Waals surface area (Å²) in [6.07, 6.45) is -12.1. The average Bonchev–Trinajstić information content (AvgIpc) is 2.97. The number of benzene rings is 1. The van der Waals surface area contributed by atoms with Crippen molar-refractivity contribution in [2.45, 2.75) is 54.2 Å². The second-order valence-corrected chi connectivity index (χ2v) is 19.3. The summed E-state index contributed by atoms with van der Waals surface area (Å²) < 4.78 is 330. The summed E-state index contributed by atoms with van der Waals surface area (Å²) in [5.41, 5.74) is -10.8. The van der Waals surface area contributed by atoms with E-state index in [0.29, 0.717) is 6.92 Å². The molecular weight excluding hydrogens is 894 g/mol. The van der Waals surface area contributed by atoms with Crippen molar-refractivity contribution in [3.05, 3.63) is 52.9 Å². The van der Waals surface area contributed by atoms with Crippen molar-refractivity contribution in [1.82, 2.24) is 0 Å². The first-order chi connectivity index (χ1) is 22.2. The van der Waals surface area contributed by atoms with Crippen LogP contribution in [0.4, 0.5) is 110 Å². The van der Waals surface area contributed by atoms with E-state index in [-0.39, 0.29) is 0 Å². The molecule has 51 heavy (non-hydrogen) atoms. The second kappa shape index (κ2) is 14.8. The molecule has 0 aliphatic rings. The van der Waals surface area contributed by atoms with Crippen LogP contribution in [-0.2, 0) is 4.43 Å². The van der Waals surface area contributed by atoms with Gasteiger partial charge in [-0.3, -0.25) is 0 Å².